The molecule has 3 rings (SSSR count). The molecule has 2 heterocycles. The summed E-state index contributed by atoms with van der Waals surface area (Å²) in [6, 6.07) is 10.6. The van der Waals surface area contributed by atoms with E-state index in [1.165, 1.54) is 12.3 Å². The summed E-state index contributed by atoms with van der Waals surface area (Å²) in [6.45, 7) is 4.18. The molecule has 1 fully saturated rings. The first-order valence-corrected chi connectivity index (χ1v) is 7.84. The molecule has 124 valence electrons. The fraction of sp³-hybridized carbons (Fsp3) is 0.278. The summed E-state index contributed by atoms with van der Waals surface area (Å²) in [5, 5.41) is 2.78. The summed E-state index contributed by atoms with van der Waals surface area (Å²) in [5.74, 6) is -0.444. The molecule has 24 heavy (non-hydrogen) atoms. The average molecular weight is 325 g/mol. The maximum Gasteiger partial charge on any atom is 0.274 e. The van der Waals surface area contributed by atoms with Gasteiger partial charge in [-0.3, -0.25) is 14.6 Å². The summed E-state index contributed by atoms with van der Waals surface area (Å²) in [5.41, 5.74) is 2.48. The molecule has 0 radical (unpaired) electrons. The Bertz CT molecular complexity index is 737. The van der Waals surface area contributed by atoms with Gasteiger partial charge in [-0.05, 0) is 31.2 Å². The molecule has 0 saturated carbocycles. The number of rotatable bonds is 3. The van der Waals surface area contributed by atoms with Crippen molar-refractivity contribution in [2.24, 2.45) is 0 Å². The maximum atomic E-state index is 12.5. The Morgan fingerprint density at radius 2 is 1.83 bits per heavy atom. The second kappa shape index (κ2) is 7.23. The van der Waals surface area contributed by atoms with E-state index in [0.717, 1.165) is 5.56 Å². The van der Waals surface area contributed by atoms with Gasteiger partial charge in [0.2, 0.25) is 0 Å². The van der Waals surface area contributed by atoms with E-state index in [1.54, 1.807) is 11.0 Å². The van der Waals surface area contributed by atoms with E-state index in [1.807, 2.05) is 31.2 Å². The van der Waals surface area contributed by atoms with Crippen molar-refractivity contribution in [3.05, 3.63) is 59.4 Å². The quantitative estimate of drug-likeness (QED) is 0.938. The van der Waals surface area contributed by atoms with Gasteiger partial charge < -0.3 is 15.0 Å². The van der Waals surface area contributed by atoms with Gasteiger partial charge in [0.05, 0.1) is 13.2 Å². The minimum absolute atomic E-state index is 0.106. The number of hydrogen-bond donors (Lipinski definition) is 1. The van der Waals surface area contributed by atoms with Gasteiger partial charge in [-0.1, -0.05) is 17.7 Å². The van der Waals surface area contributed by atoms with E-state index < -0.39 is 0 Å². The van der Waals surface area contributed by atoms with Crippen molar-refractivity contribution >= 4 is 17.5 Å². The molecule has 0 bridgehead atoms. The Kier molecular flexibility index (Phi) is 4.86. The standard InChI is InChI=1S/C18H19N3O3/c1-13-2-4-15(5-3-13)20-17(22)16-12-14(6-7-19-16)18(23)21-8-10-24-11-9-21/h2-7,12H,8-11H2,1H3,(H,20,22). The minimum atomic E-state index is -0.338. The number of nitrogens with one attached hydrogen (secondary N) is 1. The van der Waals surface area contributed by atoms with Crippen molar-refractivity contribution in [1.82, 2.24) is 9.88 Å². The first-order chi connectivity index (χ1) is 11.6. The SMILES string of the molecule is Cc1ccc(NC(=O)c2cc(C(=O)N3CCOCC3)ccn2)cc1. The number of aryl methyl sites for hydroxylation is 1. The number of ether oxygens (including phenoxy) is 1. The highest BCUT2D eigenvalue weighted by atomic mass is 16.5. The van der Waals surface area contributed by atoms with E-state index in [4.69, 9.17) is 4.74 Å². The largest absolute Gasteiger partial charge is 0.378 e. The van der Waals surface area contributed by atoms with Gasteiger partial charge >= 0.3 is 0 Å². The zero-order valence-electron chi connectivity index (χ0n) is 13.5. The van der Waals surface area contributed by atoms with Crippen LogP contribution in [0.2, 0.25) is 0 Å². The third-order valence-corrected chi connectivity index (χ3v) is 3.85. The number of aromatic nitrogens is 1. The molecule has 1 aromatic heterocycles. The van der Waals surface area contributed by atoms with E-state index in [2.05, 4.69) is 10.3 Å². The Morgan fingerprint density at radius 1 is 1.12 bits per heavy atom. The van der Waals surface area contributed by atoms with Crippen LogP contribution in [0.25, 0.3) is 0 Å². The number of pyridine rings is 1. The Hall–Kier alpha value is -2.73. The number of nitrogens with zero attached hydrogens (tertiary/aromatic N) is 2. The number of hydrogen-bond acceptors (Lipinski definition) is 4. The zero-order valence-corrected chi connectivity index (χ0v) is 13.5. The fourth-order valence-corrected chi connectivity index (χ4v) is 2.47. The summed E-state index contributed by atoms with van der Waals surface area (Å²) < 4.78 is 5.25. The summed E-state index contributed by atoms with van der Waals surface area (Å²) in [7, 11) is 0. The molecule has 0 aliphatic carbocycles. The van der Waals surface area contributed by atoms with Crippen molar-refractivity contribution < 1.29 is 14.3 Å². The third kappa shape index (κ3) is 3.78. The molecular weight excluding hydrogens is 306 g/mol. The summed E-state index contributed by atoms with van der Waals surface area (Å²) >= 11 is 0. The summed E-state index contributed by atoms with van der Waals surface area (Å²) in [6.07, 6.45) is 1.48. The highest BCUT2D eigenvalue weighted by molar-refractivity contribution is 6.04. The second-order valence-corrected chi connectivity index (χ2v) is 5.65. The molecule has 2 amide bonds. The molecule has 6 nitrogen and oxygen atoms in total. The van der Waals surface area contributed by atoms with E-state index >= 15 is 0 Å². The van der Waals surface area contributed by atoms with Crippen molar-refractivity contribution in [1.29, 1.82) is 0 Å². The van der Waals surface area contributed by atoms with Crippen LogP contribution in [0.1, 0.15) is 26.4 Å². The van der Waals surface area contributed by atoms with Crippen LogP contribution >= 0.6 is 0 Å². The number of amides is 2. The van der Waals surface area contributed by atoms with Crippen LogP contribution < -0.4 is 5.32 Å². The highest BCUT2D eigenvalue weighted by Gasteiger charge is 2.20. The van der Waals surface area contributed by atoms with Crippen LogP contribution in [0.15, 0.2) is 42.6 Å². The lowest BCUT2D eigenvalue weighted by molar-refractivity contribution is 0.0303. The predicted molar refractivity (Wildman–Crippen MR) is 90.1 cm³/mol. The first kappa shape index (κ1) is 16.1. The third-order valence-electron chi connectivity index (χ3n) is 3.85. The first-order valence-electron chi connectivity index (χ1n) is 7.84. The molecular formula is C18H19N3O3. The lowest BCUT2D eigenvalue weighted by Gasteiger charge is -2.26. The topological polar surface area (TPSA) is 71.5 Å². The van der Waals surface area contributed by atoms with Gasteiger partial charge in [-0.25, -0.2) is 0 Å². The minimum Gasteiger partial charge on any atom is -0.378 e. The van der Waals surface area contributed by atoms with Crippen LogP contribution in [-0.2, 0) is 4.74 Å². The highest BCUT2D eigenvalue weighted by Crippen LogP contribution is 2.12. The van der Waals surface area contributed by atoms with Crippen LogP contribution in [0, 0.1) is 6.92 Å². The van der Waals surface area contributed by atoms with Crippen molar-refractivity contribution in [3.63, 3.8) is 0 Å². The van der Waals surface area contributed by atoms with Crippen LogP contribution in [0.3, 0.4) is 0 Å². The van der Waals surface area contributed by atoms with E-state index in [0.29, 0.717) is 37.6 Å². The van der Waals surface area contributed by atoms with Crippen molar-refractivity contribution in [2.45, 2.75) is 6.92 Å². The molecule has 2 aromatic rings. The van der Waals surface area contributed by atoms with Crippen LogP contribution in [-0.4, -0.2) is 48.0 Å². The number of morpholine rings is 1. The summed E-state index contributed by atoms with van der Waals surface area (Å²) in [4.78, 5) is 30.6. The molecule has 0 unspecified atom stereocenters. The van der Waals surface area contributed by atoms with Crippen LogP contribution in [0.4, 0.5) is 5.69 Å². The van der Waals surface area contributed by atoms with Gasteiger partial charge in [-0.15, -0.1) is 0 Å². The molecule has 6 heteroatoms. The number of carbonyl (C=O) groups is 2. The number of anilines is 1. The molecule has 1 aromatic carbocycles. The van der Waals surface area contributed by atoms with Gasteiger partial charge in [0.15, 0.2) is 0 Å². The lowest BCUT2D eigenvalue weighted by Crippen LogP contribution is -2.40. The maximum absolute atomic E-state index is 12.5. The predicted octanol–water partition coefficient (Wildman–Crippen LogP) is 2.11. The molecule has 0 atom stereocenters. The molecule has 1 aliphatic rings. The van der Waals surface area contributed by atoms with Gasteiger partial charge in [-0.2, -0.15) is 0 Å². The van der Waals surface area contributed by atoms with Gasteiger partial charge in [0.25, 0.3) is 11.8 Å². The Morgan fingerprint density at radius 3 is 2.54 bits per heavy atom. The zero-order chi connectivity index (χ0) is 16.9. The number of carbonyl (C=O) groups excluding carboxylic acids is 2. The van der Waals surface area contributed by atoms with Crippen molar-refractivity contribution in [3.8, 4) is 0 Å². The number of benzene rings is 1. The molecule has 1 N–H and O–H groups in total. The Balaban J connectivity index is 1.73. The van der Waals surface area contributed by atoms with Gasteiger partial charge in [0.1, 0.15) is 5.69 Å². The molecule has 1 saturated heterocycles. The van der Waals surface area contributed by atoms with E-state index in [9.17, 15) is 9.59 Å². The lowest BCUT2D eigenvalue weighted by atomic mass is 10.2. The molecule has 1 aliphatic heterocycles. The molecule has 0 spiro atoms. The second-order valence-electron chi connectivity index (χ2n) is 5.65. The smallest absolute Gasteiger partial charge is 0.274 e. The van der Waals surface area contributed by atoms with Crippen molar-refractivity contribution in [2.75, 3.05) is 31.6 Å². The fourth-order valence-electron chi connectivity index (χ4n) is 2.47. The van der Waals surface area contributed by atoms with E-state index in [-0.39, 0.29) is 17.5 Å². The average Bonchev–Trinajstić information content (AvgIpc) is 2.64. The monoisotopic (exact) mass is 325 g/mol. The van der Waals surface area contributed by atoms with Crippen LogP contribution in [0.5, 0.6) is 0 Å². The Labute approximate surface area is 140 Å². The normalized spacial score (nSPS) is 14.3. The van der Waals surface area contributed by atoms with Gasteiger partial charge in [0, 0.05) is 30.5 Å².